The van der Waals surface area contributed by atoms with E-state index >= 15 is 0 Å². The largest absolute Gasteiger partial charge is 0.211 e. The summed E-state index contributed by atoms with van der Waals surface area (Å²) in [6.45, 7) is 0. The number of aromatic nitrogens is 6. The van der Waals surface area contributed by atoms with E-state index in [9.17, 15) is 0 Å². The molecular formula is C7H2Cl2N6. The van der Waals surface area contributed by atoms with Gasteiger partial charge in [-0.15, -0.1) is 10.2 Å². The smallest absolute Gasteiger partial charge is 0.130 e. The van der Waals surface area contributed by atoms with Crippen LogP contribution in [0.2, 0.25) is 10.0 Å². The Bertz CT molecular complexity index is 663. The van der Waals surface area contributed by atoms with Crippen molar-refractivity contribution < 1.29 is 0 Å². The Balaban J connectivity index is 2.57. The summed E-state index contributed by atoms with van der Waals surface area (Å²) in [5.41, 5.74) is 1.10. The molecule has 2 aromatic heterocycles. The number of hydrogen-bond donors (Lipinski definition) is 0. The van der Waals surface area contributed by atoms with Crippen molar-refractivity contribution in [1.82, 2.24) is 30.5 Å². The Morgan fingerprint density at radius 3 is 2.67 bits per heavy atom. The highest BCUT2D eigenvalue weighted by Crippen LogP contribution is 2.27. The predicted octanol–water partition coefficient (Wildman–Crippen LogP) is 1.37. The van der Waals surface area contributed by atoms with Gasteiger partial charge < -0.3 is 0 Å². The second kappa shape index (κ2) is 2.98. The molecule has 0 atom stereocenters. The maximum absolute atomic E-state index is 5.90. The van der Waals surface area contributed by atoms with Crippen molar-refractivity contribution in [3.63, 3.8) is 0 Å². The molecule has 8 heteroatoms. The van der Waals surface area contributed by atoms with Gasteiger partial charge in [0.05, 0.1) is 15.4 Å². The van der Waals surface area contributed by atoms with E-state index < -0.39 is 0 Å². The molecule has 0 saturated carbocycles. The first-order chi connectivity index (χ1) is 7.25. The second-order valence-electron chi connectivity index (χ2n) is 2.86. The van der Waals surface area contributed by atoms with Crippen molar-refractivity contribution in [3.8, 4) is 0 Å². The van der Waals surface area contributed by atoms with Crippen molar-refractivity contribution in [2.24, 2.45) is 0 Å². The van der Waals surface area contributed by atoms with Crippen LogP contribution < -0.4 is 0 Å². The molecule has 6 nitrogen and oxygen atoms in total. The third-order valence-electron chi connectivity index (χ3n) is 1.97. The van der Waals surface area contributed by atoms with E-state index in [1.807, 2.05) is 0 Å². The lowest BCUT2D eigenvalue weighted by Crippen LogP contribution is -1.98. The van der Waals surface area contributed by atoms with E-state index in [0.717, 1.165) is 0 Å². The first kappa shape index (κ1) is 8.75. The van der Waals surface area contributed by atoms with Crippen LogP contribution in [0.15, 0.2) is 12.1 Å². The van der Waals surface area contributed by atoms with Gasteiger partial charge in [-0.2, -0.15) is 0 Å². The molecule has 0 saturated heterocycles. The lowest BCUT2D eigenvalue weighted by Gasteiger charge is -1.99. The van der Waals surface area contributed by atoms with Crippen molar-refractivity contribution in [2.45, 2.75) is 0 Å². The van der Waals surface area contributed by atoms with Gasteiger partial charge in [0, 0.05) is 0 Å². The first-order valence-electron chi connectivity index (χ1n) is 3.95. The summed E-state index contributed by atoms with van der Waals surface area (Å²) < 4.78 is 1.23. The van der Waals surface area contributed by atoms with Gasteiger partial charge in [-0.1, -0.05) is 27.8 Å². The Hall–Kier alpha value is -1.53. The molecule has 3 rings (SSSR count). The molecule has 74 valence electrons. The Kier molecular flexibility index (Phi) is 1.74. The molecule has 1 aromatic carbocycles. The summed E-state index contributed by atoms with van der Waals surface area (Å²) in [5.74, 6) is 0. The highest BCUT2D eigenvalue weighted by molar-refractivity contribution is 6.42. The van der Waals surface area contributed by atoms with Crippen LogP contribution in [-0.4, -0.2) is 30.5 Å². The van der Waals surface area contributed by atoms with Gasteiger partial charge in [0.2, 0.25) is 5.65 Å². The topological polar surface area (TPSA) is 68.9 Å². The second-order valence-corrected chi connectivity index (χ2v) is 3.68. The summed E-state index contributed by atoms with van der Waals surface area (Å²) in [5, 5.41) is 20.2. The zero-order chi connectivity index (χ0) is 10.4. The molecule has 2 heterocycles. The van der Waals surface area contributed by atoms with Crippen molar-refractivity contribution >= 4 is 39.8 Å². The number of fused-ring (bicyclic) bond motifs is 3. The van der Waals surface area contributed by atoms with E-state index in [2.05, 4.69) is 25.8 Å². The van der Waals surface area contributed by atoms with Crippen LogP contribution in [0.4, 0.5) is 0 Å². The Morgan fingerprint density at radius 2 is 1.80 bits per heavy atom. The summed E-state index contributed by atoms with van der Waals surface area (Å²) in [6, 6.07) is 3.29. The summed E-state index contributed by atoms with van der Waals surface area (Å²) in [7, 11) is 0. The van der Waals surface area contributed by atoms with E-state index in [0.29, 0.717) is 26.6 Å². The third-order valence-corrected chi connectivity index (χ3v) is 2.69. The van der Waals surface area contributed by atoms with Gasteiger partial charge in [0.15, 0.2) is 0 Å². The molecule has 3 aromatic rings. The highest BCUT2D eigenvalue weighted by Gasteiger charge is 2.09. The van der Waals surface area contributed by atoms with Crippen LogP contribution in [0.25, 0.3) is 16.6 Å². The van der Waals surface area contributed by atoms with E-state index in [1.165, 1.54) is 4.63 Å². The fraction of sp³-hybridized carbons (Fsp3) is 0. The monoisotopic (exact) mass is 240 g/mol. The third kappa shape index (κ3) is 1.22. The maximum Gasteiger partial charge on any atom is 0.211 e. The molecule has 0 spiro atoms. The van der Waals surface area contributed by atoms with Gasteiger partial charge >= 0.3 is 0 Å². The van der Waals surface area contributed by atoms with Gasteiger partial charge in [-0.05, 0) is 27.8 Å². The molecule has 0 radical (unpaired) electrons. The molecule has 0 unspecified atom stereocenters. The number of benzene rings is 1. The SMILES string of the molecule is Clc1cc2nnn3nnnc3c2cc1Cl. The molecule has 0 aliphatic rings. The standard InChI is InChI=1S/C7H2Cl2N6/c8-4-1-3-6(2-5(4)9)10-13-15-7(3)11-12-14-15/h1-2H. The number of rotatable bonds is 0. The van der Waals surface area contributed by atoms with Crippen LogP contribution in [0.1, 0.15) is 0 Å². The fourth-order valence-electron chi connectivity index (χ4n) is 1.29. The molecular weight excluding hydrogens is 239 g/mol. The Morgan fingerprint density at radius 1 is 1.00 bits per heavy atom. The van der Waals surface area contributed by atoms with Crippen molar-refractivity contribution in [3.05, 3.63) is 22.2 Å². The van der Waals surface area contributed by atoms with Gasteiger partial charge in [-0.25, -0.2) is 0 Å². The predicted molar refractivity (Wildman–Crippen MR) is 53.9 cm³/mol. The van der Waals surface area contributed by atoms with Crippen LogP contribution >= 0.6 is 23.2 Å². The molecule has 0 amide bonds. The normalized spacial score (nSPS) is 11.3. The molecule has 15 heavy (non-hydrogen) atoms. The minimum Gasteiger partial charge on any atom is -0.130 e. The van der Waals surface area contributed by atoms with Gasteiger partial charge in [-0.3, -0.25) is 0 Å². The van der Waals surface area contributed by atoms with Gasteiger partial charge in [0.25, 0.3) is 0 Å². The zero-order valence-corrected chi connectivity index (χ0v) is 8.61. The van der Waals surface area contributed by atoms with E-state index in [4.69, 9.17) is 23.2 Å². The summed E-state index contributed by atoms with van der Waals surface area (Å²) in [4.78, 5) is 0. The quantitative estimate of drug-likeness (QED) is 0.594. The first-order valence-corrected chi connectivity index (χ1v) is 4.71. The minimum absolute atomic E-state index is 0.426. The van der Waals surface area contributed by atoms with Gasteiger partial charge in [0.1, 0.15) is 5.52 Å². The summed E-state index contributed by atoms with van der Waals surface area (Å²) >= 11 is 11.8. The zero-order valence-electron chi connectivity index (χ0n) is 7.09. The van der Waals surface area contributed by atoms with E-state index in [-0.39, 0.29) is 0 Å². The molecule has 0 N–H and O–H groups in total. The molecule has 0 bridgehead atoms. The lowest BCUT2D eigenvalue weighted by atomic mass is 10.2. The molecule has 0 aliphatic heterocycles. The number of hydrogen-bond acceptors (Lipinski definition) is 5. The number of halogens is 2. The Labute approximate surface area is 92.8 Å². The maximum atomic E-state index is 5.90. The van der Waals surface area contributed by atoms with E-state index in [1.54, 1.807) is 12.1 Å². The fourth-order valence-corrected chi connectivity index (χ4v) is 1.61. The lowest BCUT2D eigenvalue weighted by molar-refractivity contribution is 0.688. The van der Waals surface area contributed by atoms with Crippen LogP contribution in [-0.2, 0) is 0 Å². The number of tetrazole rings is 1. The average Bonchev–Trinajstić information content (AvgIpc) is 2.68. The minimum atomic E-state index is 0.426. The molecule has 0 fully saturated rings. The number of nitrogens with zero attached hydrogens (tertiary/aromatic N) is 6. The van der Waals surface area contributed by atoms with Crippen LogP contribution in [0.3, 0.4) is 0 Å². The average molecular weight is 241 g/mol. The van der Waals surface area contributed by atoms with Crippen molar-refractivity contribution in [1.29, 1.82) is 0 Å². The highest BCUT2D eigenvalue weighted by atomic mass is 35.5. The van der Waals surface area contributed by atoms with Crippen LogP contribution in [0, 0.1) is 0 Å². The molecule has 0 aliphatic carbocycles. The summed E-state index contributed by atoms with van der Waals surface area (Å²) in [6.07, 6.45) is 0. The van der Waals surface area contributed by atoms with Crippen LogP contribution in [0.5, 0.6) is 0 Å². The van der Waals surface area contributed by atoms with Crippen molar-refractivity contribution in [2.75, 3.05) is 0 Å².